The maximum Gasteiger partial charge on any atom is 0.257 e. The molecule has 2 aromatic rings. The number of aryl methyl sites for hydroxylation is 2. The Hall–Kier alpha value is -1.42. The third-order valence-electron chi connectivity index (χ3n) is 3.05. The summed E-state index contributed by atoms with van der Waals surface area (Å²) in [4.78, 5) is 0. The fourth-order valence-corrected chi connectivity index (χ4v) is 2.29. The second-order valence-electron chi connectivity index (χ2n) is 3.88. The van der Waals surface area contributed by atoms with Gasteiger partial charge >= 0.3 is 0 Å². The van der Waals surface area contributed by atoms with Gasteiger partial charge in [-0.05, 0) is 30.9 Å². The van der Waals surface area contributed by atoms with E-state index in [1.807, 2.05) is 10.6 Å². The summed E-state index contributed by atoms with van der Waals surface area (Å²) >= 11 is 0. The van der Waals surface area contributed by atoms with Crippen LogP contribution >= 0.6 is 12.4 Å². The van der Waals surface area contributed by atoms with Crippen LogP contribution in [0.15, 0.2) is 12.1 Å². The Morgan fingerprint density at radius 1 is 1.38 bits per heavy atom. The molecular formula is C11H14ClN3O. The molecule has 0 saturated carbocycles. The van der Waals surface area contributed by atoms with Crippen LogP contribution in [0.3, 0.4) is 0 Å². The van der Waals surface area contributed by atoms with Gasteiger partial charge in [-0.15, -0.1) is 17.5 Å². The molecule has 0 aromatic carbocycles. The summed E-state index contributed by atoms with van der Waals surface area (Å²) in [6, 6.07) is 4.17. The summed E-state index contributed by atoms with van der Waals surface area (Å²) in [5, 5.41) is 4.37. The van der Waals surface area contributed by atoms with E-state index in [9.17, 15) is 0 Å². The van der Waals surface area contributed by atoms with E-state index >= 15 is 0 Å². The molecule has 0 bridgehead atoms. The SMILES string of the molecule is COc1nn2c3c(ccc2c1N)CCC3.Cl. The number of anilines is 1. The monoisotopic (exact) mass is 239 g/mol. The average Bonchev–Trinajstić information content (AvgIpc) is 2.82. The number of nitrogens with zero attached hydrogens (tertiary/aromatic N) is 2. The molecule has 86 valence electrons. The van der Waals surface area contributed by atoms with Gasteiger partial charge in [-0.1, -0.05) is 6.07 Å². The lowest BCUT2D eigenvalue weighted by atomic mass is 10.2. The van der Waals surface area contributed by atoms with Crippen LogP contribution in [0.2, 0.25) is 0 Å². The average molecular weight is 240 g/mol. The predicted molar refractivity (Wildman–Crippen MR) is 65.4 cm³/mol. The molecule has 0 radical (unpaired) electrons. The maximum absolute atomic E-state index is 5.94. The molecule has 0 fully saturated rings. The van der Waals surface area contributed by atoms with Crippen LogP contribution in [-0.2, 0) is 12.8 Å². The van der Waals surface area contributed by atoms with Crippen molar-refractivity contribution in [1.29, 1.82) is 0 Å². The molecule has 3 rings (SSSR count). The van der Waals surface area contributed by atoms with Crippen LogP contribution in [0.25, 0.3) is 5.52 Å². The smallest absolute Gasteiger partial charge is 0.257 e. The summed E-state index contributed by atoms with van der Waals surface area (Å²) in [6.45, 7) is 0. The Kier molecular flexibility index (Phi) is 2.68. The zero-order valence-electron chi connectivity index (χ0n) is 9.06. The summed E-state index contributed by atoms with van der Waals surface area (Å²) in [5.74, 6) is 0.523. The van der Waals surface area contributed by atoms with Crippen molar-refractivity contribution in [3.05, 3.63) is 23.4 Å². The summed E-state index contributed by atoms with van der Waals surface area (Å²) in [6.07, 6.45) is 3.43. The lowest BCUT2D eigenvalue weighted by Crippen LogP contribution is -1.97. The second kappa shape index (κ2) is 3.87. The zero-order chi connectivity index (χ0) is 10.4. The number of aromatic nitrogens is 2. The topological polar surface area (TPSA) is 52.5 Å². The number of nitrogens with two attached hydrogens (primary N) is 1. The predicted octanol–water partition coefficient (Wildman–Crippen LogP) is 1.84. The van der Waals surface area contributed by atoms with Crippen LogP contribution in [0.4, 0.5) is 5.69 Å². The quantitative estimate of drug-likeness (QED) is 0.826. The Morgan fingerprint density at radius 2 is 2.19 bits per heavy atom. The van der Waals surface area contributed by atoms with Gasteiger partial charge in [-0.25, -0.2) is 4.52 Å². The fourth-order valence-electron chi connectivity index (χ4n) is 2.29. The Morgan fingerprint density at radius 3 is 2.94 bits per heavy atom. The molecule has 2 aromatic heterocycles. The molecule has 5 heteroatoms. The number of fused-ring (bicyclic) bond motifs is 3. The van der Waals surface area contributed by atoms with E-state index in [0.29, 0.717) is 11.6 Å². The Bertz CT molecular complexity index is 535. The fraction of sp³-hybridized carbons (Fsp3) is 0.364. The highest BCUT2D eigenvalue weighted by Crippen LogP contribution is 2.30. The lowest BCUT2D eigenvalue weighted by Gasteiger charge is -2.01. The molecule has 2 N–H and O–H groups in total. The number of pyridine rings is 1. The minimum Gasteiger partial charge on any atom is -0.478 e. The van der Waals surface area contributed by atoms with E-state index in [-0.39, 0.29) is 12.4 Å². The lowest BCUT2D eigenvalue weighted by molar-refractivity contribution is 0.396. The molecule has 1 aliphatic carbocycles. The number of hydrogen-bond acceptors (Lipinski definition) is 3. The molecular weight excluding hydrogens is 226 g/mol. The van der Waals surface area contributed by atoms with E-state index in [0.717, 1.165) is 18.4 Å². The van der Waals surface area contributed by atoms with Gasteiger partial charge in [0.05, 0.1) is 12.6 Å². The van der Waals surface area contributed by atoms with Crippen molar-refractivity contribution in [2.75, 3.05) is 12.8 Å². The normalized spacial score (nSPS) is 13.6. The van der Waals surface area contributed by atoms with Gasteiger partial charge in [0.1, 0.15) is 5.69 Å². The number of halogens is 1. The number of hydrogen-bond donors (Lipinski definition) is 1. The number of methoxy groups -OCH3 is 1. The minimum atomic E-state index is 0. The van der Waals surface area contributed by atoms with Gasteiger partial charge in [0.25, 0.3) is 5.88 Å². The standard InChI is InChI=1S/C11H13N3O.ClH/c1-15-11-10(12)9-6-5-7-3-2-4-8(7)14(9)13-11;/h5-6H,2-4,12H2,1H3;1H. The summed E-state index contributed by atoms with van der Waals surface area (Å²) < 4.78 is 7.06. The minimum absolute atomic E-state index is 0. The number of ether oxygens (including phenoxy) is 1. The van der Waals surface area contributed by atoms with Crippen LogP contribution < -0.4 is 10.5 Å². The van der Waals surface area contributed by atoms with Crippen molar-refractivity contribution < 1.29 is 4.74 Å². The van der Waals surface area contributed by atoms with Crippen LogP contribution in [0.5, 0.6) is 5.88 Å². The van der Waals surface area contributed by atoms with E-state index < -0.39 is 0 Å². The first-order chi connectivity index (χ1) is 7.31. The van der Waals surface area contributed by atoms with Crippen molar-refractivity contribution in [2.24, 2.45) is 0 Å². The van der Waals surface area contributed by atoms with Gasteiger partial charge in [0.15, 0.2) is 0 Å². The van der Waals surface area contributed by atoms with Crippen molar-refractivity contribution in [2.45, 2.75) is 19.3 Å². The third kappa shape index (κ3) is 1.33. The highest BCUT2D eigenvalue weighted by molar-refractivity contribution is 5.85. The Labute approximate surface area is 99.8 Å². The van der Waals surface area contributed by atoms with E-state index in [1.165, 1.54) is 17.7 Å². The second-order valence-corrected chi connectivity index (χ2v) is 3.88. The van der Waals surface area contributed by atoms with E-state index in [1.54, 1.807) is 7.11 Å². The van der Waals surface area contributed by atoms with Crippen molar-refractivity contribution >= 4 is 23.6 Å². The Balaban J connectivity index is 0.000000963. The third-order valence-corrected chi connectivity index (χ3v) is 3.05. The first-order valence-corrected chi connectivity index (χ1v) is 5.14. The summed E-state index contributed by atoms with van der Waals surface area (Å²) in [5.41, 5.74) is 10.2. The van der Waals surface area contributed by atoms with Gasteiger partial charge in [0, 0.05) is 5.69 Å². The number of rotatable bonds is 1. The van der Waals surface area contributed by atoms with Crippen LogP contribution in [0, 0.1) is 0 Å². The van der Waals surface area contributed by atoms with Crippen LogP contribution in [-0.4, -0.2) is 16.7 Å². The molecule has 0 spiro atoms. The van der Waals surface area contributed by atoms with Gasteiger partial charge in [0.2, 0.25) is 0 Å². The maximum atomic E-state index is 5.94. The molecule has 16 heavy (non-hydrogen) atoms. The van der Waals surface area contributed by atoms with E-state index in [2.05, 4.69) is 11.2 Å². The highest BCUT2D eigenvalue weighted by Gasteiger charge is 2.18. The first kappa shape index (κ1) is 11.1. The van der Waals surface area contributed by atoms with Gasteiger partial charge in [-0.2, -0.15) is 0 Å². The zero-order valence-corrected chi connectivity index (χ0v) is 9.88. The van der Waals surface area contributed by atoms with Gasteiger partial charge < -0.3 is 10.5 Å². The summed E-state index contributed by atoms with van der Waals surface area (Å²) in [7, 11) is 1.60. The molecule has 0 unspecified atom stereocenters. The molecule has 0 amide bonds. The van der Waals surface area contributed by atoms with Crippen molar-refractivity contribution in [3.8, 4) is 5.88 Å². The largest absolute Gasteiger partial charge is 0.478 e. The number of nitrogen functional groups attached to an aromatic ring is 1. The molecule has 0 aliphatic heterocycles. The van der Waals surface area contributed by atoms with Crippen LogP contribution in [0.1, 0.15) is 17.7 Å². The molecule has 2 heterocycles. The van der Waals surface area contributed by atoms with Crippen molar-refractivity contribution in [1.82, 2.24) is 9.61 Å². The molecule has 0 atom stereocenters. The van der Waals surface area contributed by atoms with Gasteiger partial charge in [-0.3, -0.25) is 0 Å². The highest BCUT2D eigenvalue weighted by atomic mass is 35.5. The molecule has 1 aliphatic rings. The van der Waals surface area contributed by atoms with Crippen molar-refractivity contribution in [3.63, 3.8) is 0 Å². The van der Waals surface area contributed by atoms with E-state index in [4.69, 9.17) is 10.5 Å². The molecule has 4 nitrogen and oxygen atoms in total. The first-order valence-electron chi connectivity index (χ1n) is 5.14. The molecule has 0 saturated heterocycles.